The van der Waals surface area contributed by atoms with Gasteiger partial charge in [-0.15, -0.1) is 0 Å². The lowest BCUT2D eigenvalue weighted by Gasteiger charge is -2.03. The number of hydrogen-bond acceptors (Lipinski definition) is 2. The van der Waals surface area contributed by atoms with E-state index in [1.165, 1.54) is 0 Å². The van der Waals surface area contributed by atoms with Crippen molar-refractivity contribution in [3.63, 3.8) is 0 Å². The monoisotopic (exact) mass is 139 g/mol. The van der Waals surface area contributed by atoms with E-state index in [-0.39, 0.29) is 6.42 Å². The van der Waals surface area contributed by atoms with Crippen LogP contribution in [0.2, 0.25) is 0 Å². The van der Waals surface area contributed by atoms with Gasteiger partial charge in [0.2, 0.25) is 0 Å². The molecule has 3 heteroatoms. The van der Waals surface area contributed by atoms with Gasteiger partial charge in [-0.05, 0) is 5.57 Å². The van der Waals surface area contributed by atoms with Crippen molar-refractivity contribution in [2.24, 2.45) is 4.99 Å². The second-order valence-electron chi connectivity index (χ2n) is 2.19. The number of dihydropyridines is 1. The van der Waals surface area contributed by atoms with Gasteiger partial charge in [-0.2, -0.15) is 0 Å². The van der Waals surface area contributed by atoms with Crippen LogP contribution in [0.15, 0.2) is 16.6 Å². The van der Waals surface area contributed by atoms with E-state index in [0.717, 1.165) is 12.0 Å². The fourth-order valence-electron chi connectivity index (χ4n) is 0.863. The average molecular weight is 139 g/mol. The van der Waals surface area contributed by atoms with Gasteiger partial charge < -0.3 is 5.11 Å². The highest BCUT2D eigenvalue weighted by Crippen LogP contribution is 2.06. The molecule has 1 rings (SSSR count). The molecule has 0 aromatic heterocycles. The summed E-state index contributed by atoms with van der Waals surface area (Å²) in [4.78, 5) is 14.1. The fraction of sp³-hybridized carbons (Fsp3) is 0.429. The van der Waals surface area contributed by atoms with Crippen LogP contribution in [0.3, 0.4) is 0 Å². The van der Waals surface area contributed by atoms with Crippen molar-refractivity contribution in [1.29, 1.82) is 0 Å². The third-order valence-corrected chi connectivity index (χ3v) is 1.31. The first-order valence-electron chi connectivity index (χ1n) is 3.17. The van der Waals surface area contributed by atoms with E-state index in [2.05, 4.69) is 4.99 Å². The SMILES string of the molecule is O=C(O)CC1=CCC=NC1. The van der Waals surface area contributed by atoms with Gasteiger partial charge >= 0.3 is 5.97 Å². The van der Waals surface area contributed by atoms with Crippen LogP contribution in [0.5, 0.6) is 0 Å². The van der Waals surface area contributed by atoms with E-state index in [0.29, 0.717) is 6.54 Å². The highest BCUT2D eigenvalue weighted by Gasteiger charge is 2.03. The van der Waals surface area contributed by atoms with E-state index >= 15 is 0 Å². The molecule has 0 spiro atoms. The Labute approximate surface area is 59.1 Å². The summed E-state index contributed by atoms with van der Waals surface area (Å²) in [5.74, 6) is -0.775. The van der Waals surface area contributed by atoms with Gasteiger partial charge in [0.25, 0.3) is 0 Å². The van der Waals surface area contributed by atoms with Crippen molar-refractivity contribution in [2.45, 2.75) is 12.8 Å². The minimum absolute atomic E-state index is 0.136. The van der Waals surface area contributed by atoms with Crippen LogP contribution >= 0.6 is 0 Å². The number of carboxylic acid groups (broad SMARTS) is 1. The second kappa shape index (κ2) is 3.15. The highest BCUT2D eigenvalue weighted by molar-refractivity contribution is 5.71. The zero-order chi connectivity index (χ0) is 7.40. The third kappa shape index (κ3) is 2.01. The molecule has 10 heavy (non-hydrogen) atoms. The zero-order valence-corrected chi connectivity index (χ0v) is 5.58. The summed E-state index contributed by atoms with van der Waals surface area (Å²) in [6.45, 7) is 0.562. The predicted octanol–water partition coefficient (Wildman–Crippen LogP) is 0.862. The van der Waals surface area contributed by atoms with Crippen molar-refractivity contribution >= 4 is 12.2 Å². The molecule has 0 saturated carbocycles. The summed E-state index contributed by atoms with van der Waals surface area (Å²) in [5.41, 5.74) is 0.912. The first-order valence-corrected chi connectivity index (χ1v) is 3.17. The van der Waals surface area contributed by atoms with Crippen molar-refractivity contribution in [3.05, 3.63) is 11.6 Å². The van der Waals surface area contributed by atoms with Gasteiger partial charge in [0.05, 0.1) is 13.0 Å². The zero-order valence-electron chi connectivity index (χ0n) is 5.58. The van der Waals surface area contributed by atoms with Gasteiger partial charge in [0, 0.05) is 12.6 Å². The molecule has 0 aromatic rings. The maximum atomic E-state index is 10.2. The lowest BCUT2D eigenvalue weighted by atomic mass is 10.1. The molecule has 1 aliphatic rings. The van der Waals surface area contributed by atoms with Gasteiger partial charge in [0.1, 0.15) is 0 Å². The molecule has 1 aliphatic heterocycles. The summed E-state index contributed by atoms with van der Waals surface area (Å²) in [6, 6.07) is 0. The molecule has 0 atom stereocenters. The van der Waals surface area contributed by atoms with E-state index in [4.69, 9.17) is 5.11 Å². The van der Waals surface area contributed by atoms with Crippen LogP contribution in [0.4, 0.5) is 0 Å². The van der Waals surface area contributed by atoms with E-state index in [1.54, 1.807) is 6.21 Å². The van der Waals surface area contributed by atoms with Crippen molar-refractivity contribution < 1.29 is 9.90 Å². The number of carbonyl (C=O) groups is 1. The Hall–Kier alpha value is -1.12. The van der Waals surface area contributed by atoms with Crippen molar-refractivity contribution in [1.82, 2.24) is 0 Å². The molecule has 0 aliphatic carbocycles. The summed E-state index contributed by atoms with van der Waals surface area (Å²) in [7, 11) is 0. The summed E-state index contributed by atoms with van der Waals surface area (Å²) < 4.78 is 0. The Morgan fingerprint density at radius 1 is 1.80 bits per heavy atom. The van der Waals surface area contributed by atoms with Gasteiger partial charge in [0.15, 0.2) is 0 Å². The number of aliphatic carboxylic acids is 1. The maximum Gasteiger partial charge on any atom is 0.307 e. The molecule has 1 heterocycles. The maximum absolute atomic E-state index is 10.2. The summed E-state index contributed by atoms with van der Waals surface area (Å²) in [5, 5.41) is 8.37. The van der Waals surface area contributed by atoms with Crippen LogP contribution in [-0.4, -0.2) is 23.8 Å². The van der Waals surface area contributed by atoms with Crippen LogP contribution in [0, 0.1) is 0 Å². The van der Waals surface area contributed by atoms with E-state index in [9.17, 15) is 4.79 Å². The molecular formula is C7H9NO2. The Morgan fingerprint density at radius 2 is 2.60 bits per heavy atom. The first-order chi connectivity index (χ1) is 4.79. The standard InChI is InChI=1S/C7H9NO2/c9-7(10)4-6-2-1-3-8-5-6/h2-3H,1,4-5H2,(H,9,10). The largest absolute Gasteiger partial charge is 0.481 e. The van der Waals surface area contributed by atoms with Crippen molar-refractivity contribution in [3.8, 4) is 0 Å². The molecule has 0 bridgehead atoms. The minimum Gasteiger partial charge on any atom is -0.481 e. The molecule has 0 unspecified atom stereocenters. The number of aliphatic imine (C=N–C) groups is 1. The molecule has 1 N–H and O–H groups in total. The smallest absolute Gasteiger partial charge is 0.307 e. The van der Waals surface area contributed by atoms with Crippen LogP contribution in [0.1, 0.15) is 12.8 Å². The molecule has 54 valence electrons. The van der Waals surface area contributed by atoms with Gasteiger partial charge in [-0.1, -0.05) is 6.08 Å². The Balaban J connectivity index is 2.41. The van der Waals surface area contributed by atoms with Crippen LogP contribution in [0.25, 0.3) is 0 Å². The molecule has 0 saturated heterocycles. The number of rotatable bonds is 2. The number of allylic oxidation sites excluding steroid dienone is 1. The third-order valence-electron chi connectivity index (χ3n) is 1.31. The Kier molecular flexibility index (Phi) is 2.20. The second-order valence-corrected chi connectivity index (χ2v) is 2.19. The number of carboxylic acids is 1. The quantitative estimate of drug-likeness (QED) is 0.577. The molecular weight excluding hydrogens is 130 g/mol. The molecule has 0 aromatic carbocycles. The van der Waals surface area contributed by atoms with Crippen molar-refractivity contribution in [2.75, 3.05) is 6.54 Å². The number of nitrogens with zero attached hydrogens (tertiary/aromatic N) is 1. The average Bonchev–Trinajstić information content (AvgIpc) is 1.88. The fourth-order valence-corrected chi connectivity index (χ4v) is 0.863. The summed E-state index contributed by atoms with van der Waals surface area (Å²) in [6.07, 6.45) is 4.63. The molecule has 0 fully saturated rings. The minimum atomic E-state index is -0.775. The number of hydrogen-bond donors (Lipinski definition) is 1. The lowest BCUT2D eigenvalue weighted by molar-refractivity contribution is -0.136. The van der Waals surface area contributed by atoms with Gasteiger partial charge in [-0.3, -0.25) is 9.79 Å². The van der Waals surface area contributed by atoms with E-state index in [1.807, 2.05) is 6.08 Å². The highest BCUT2D eigenvalue weighted by atomic mass is 16.4. The molecule has 0 radical (unpaired) electrons. The predicted molar refractivity (Wildman–Crippen MR) is 38.3 cm³/mol. The topological polar surface area (TPSA) is 49.7 Å². The lowest BCUT2D eigenvalue weighted by Crippen LogP contribution is -2.02. The summed E-state index contributed by atoms with van der Waals surface area (Å²) >= 11 is 0. The normalized spacial score (nSPS) is 16.6. The molecule has 0 amide bonds. The van der Waals surface area contributed by atoms with E-state index < -0.39 is 5.97 Å². The van der Waals surface area contributed by atoms with Crippen LogP contribution in [-0.2, 0) is 4.79 Å². The molecule has 3 nitrogen and oxygen atoms in total. The van der Waals surface area contributed by atoms with Gasteiger partial charge in [-0.25, -0.2) is 0 Å². The first kappa shape index (κ1) is 6.99. The Morgan fingerprint density at radius 3 is 3.10 bits per heavy atom. The Bertz CT molecular complexity index is 194. The van der Waals surface area contributed by atoms with Crippen LogP contribution < -0.4 is 0 Å².